The number of halogens is 2. The summed E-state index contributed by atoms with van der Waals surface area (Å²) in [5.41, 5.74) is 1.94. The summed E-state index contributed by atoms with van der Waals surface area (Å²) in [7, 11) is 1.35. The number of aryl methyl sites for hydroxylation is 2. The zero-order valence-electron chi connectivity index (χ0n) is 22.6. The SMILES string of the molecule is COC(=O)c1cc(I)c(O[C@H](CN2CCN(C(=O)OC(C)(C)C)[C@H](C)C2)c2ccc(C)c(F)c2)cc1C. The number of benzene rings is 2. The largest absolute Gasteiger partial charge is 0.483 e. The third kappa shape index (κ3) is 7.56. The summed E-state index contributed by atoms with van der Waals surface area (Å²) in [5, 5.41) is 0. The molecule has 2 aromatic carbocycles. The summed E-state index contributed by atoms with van der Waals surface area (Å²) >= 11 is 2.13. The Kier molecular flexibility index (Phi) is 9.44. The lowest BCUT2D eigenvalue weighted by molar-refractivity contribution is -0.00303. The Bertz CT molecular complexity index is 1150. The van der Waals surface area contributed by atoms with Crippen molar-refractivity contribution in [2.75, 3.05) is 33.3 Å². The van der Waals surface area contributed by atoms with Gasteiger partial charge in [-0.25, -0.2) is 14.0 Å². The number of methoxy groups -OCH3 is 1. The first-order valence-electron chi connectivity index (χ1n) is 12.3. The third-order valence-corrected chi connectivity index (χ3v) is 7.13. The van der Waals surface area contributed by atoms with E-state index < -0.39 is 17.7 Å². The molecule has 0 bridgehead atoms. The second-order valence-electron chi connectivity index (χ2n) is 10.5. The van der Waals surface area contributed by atoms with Gasteiger partial charge in [0.15, 0.2) is 0 Å². The van der Waals surface area contributed by atoms with Crippen LogP contribution in [-0.4, -0.2) is 66.8 Å². The van der Waals surface area contributed by atoms with E-state index in [0.717, 1.165) is 14.7 Å². The second-order valence-corrected chi connectivity index (χ2v) is 11.6. The quantitative estimate of drug-likeness (QED) is 0.294. The van der Waals surface area contributed by atoms with Gasteiger partial charge in [0.25, 0.3) is 0 Å². The molecule has 0 spiro atoms. The lowest BCUT2D eigenvalue weighted by atomic mass is 10.0. The molecule has 7 nitrogen and oxygen atoms in total. The predicted octanol–water partition coefficient (Wildman–Crippen LogP) is 5.90. The predicted molar refractivity (Wildman–Crippen MR) is 149 cm³/mol. The number of carbonyl (C=O) groups excluding carboxylic acids is 2. The van der Waals surface area contributed by atoms with Crippen LogP contribution in [0.5, 0.6) is 5.75 Å². The van der Waals surface area contributed by atoms with Gasteiger partial charge in [0, 0.05) is 32.2 Å². The van der Waals surface area contributed by atoms with Crippen LogP contribution in [0.4, 0.5) is 9.18 Å². The topological polar surface area (TPSA) is 68.3 Å². The molecule has 202 valence electrons. The number of hydrogen-bond acceptors (Lipinski definition) is 6. The van der Waals surface area contributed by atoms with Crippen LogP contribution in [-0.2, 0) is 9.47 Å². The summed E-state index contributed by atoms with van der Waals surface area (Å²) in [6.45, 7) is 13.4. The van der Waals surface area contributed by atoms with Crippen molar-refractivity contribution in [3.63, 3.8) is 0 Å². The van der Waals surface area contributed by atoms with Crippen molar-refractivity contribution >= 4 is 34.7 Å². The second kappa shape index (κ2) is 12.0. The Balaban J connectivity index is 1.83. The molecule has 9 heteroatoms. The van der Waals surface area contributed by atoms with Gasteiger partial charge < -0.3 is 19.1 Å². The Labute approximate surface area is 232 Å². The molecule has 2 atom stereocenters. The molecule has 0 aromatic heterocycles. The number of ether oxygens (including phenoxy) is 3. The molecule has 1 amide bonds. The van der Waals surface area contributed by atoms with Crippen LogP contribution in [0.2, 0.25) is 0 Å². The highest BCUT2D eigenvalue weighted by molar-refractivity contribution is 14.1. The Morgan fingerprint density at radius 1 is 1.14 bits per heavy atom. The highest BCUT2D eigenvalue weighted by Gasteiger charge is 2.32. The van der Waals surface area contributed by atoms with Crippen LogP contribution in [0.3, 0.4) is 0 Å². The van der Waals surface area contributed by atoms with Crippen molar-refractivity contribution in [2.24, 2.45) is 0 Å². The van der Waals surface area contributed by atoms with E-state index in [9.17, 15) is 14.0 Å². The molecule has 37 heavy (non-hydrogen) atoms. The minimum absolute atomic E-state index is 0.0549. The molecule has 0 N–H and O–H groups in total. The molecule has 0 radical (unpaired) electrons. The van der Waals surface area contributed by atoms with Crippen LogP contribution >= 0.6 is 22.6 Å². The lowest BCUT2D eigenvalue weighted by Crippen LogP contribution is -2.55. The highest BCUT2D eigenvalue weighted by Crippen LogP contribution is 2.31. The number of rotatable bonds is 6. The van der Waals surface area contributed by atoms with E-state index in [2.05, 4.69) is 27.5 Å². The molecule has 0 aliphatic carbocycles. The maximum absolute atomic E-state index is 14.5. The molecular weight excluding hydrogens is 590 g/mol. The zero-order valence-corrected chi connectivity index (χ0v) is 24.7. The van der Waals surface area contributed by atoms with E-state index in [-0.39, 0.29) is 18.0 Å². The summed E-state index contributed by atoms with van der Waals surface area (Å²) in [6, 6.07) is 8.65. The monoisotopic (exact) mass is 626 g/mol. The van der Waals surface area contributed by atoms with Gasteiger partial charge in [-0.05, 0) is 99.0 Å². The Hall–Kier alpha value is -2.40. The van der Waals surface area contributed by atoms with Gasteiger partial charge in [-0.1, -0.05) is 12.1 Å². The highest BCUT2D eigenvalue weighted by atomic mass is 127. The first-order chi connectivity index (χ1) is 17.3. The van der Waals surface area contributed by atoms with Crippen molar-refractivity contribution < 1.29 is 28.2 Å². The number of esters is 1. The summed E-state index contributed by atoms with van der Waals surface area (Å²) in [4.78, 5) is 28.7. The fourth-order valence-corrected chi connectivity index (χ4v) is 4.87. The molecule has 0 unspecified atom stereocenters. The van der Waals surface area contributed by atoms with E-state index in [0.29, 0.717) is 43.1 Å². The molecule has 1 saturated heterocycles. The fourth-order valence-electron chi connectivity index (χ4n) is 4.27. The van der Waals surface area contributed by atoms with Gasteiger partial charge in [0.1, 0.15) is 23.3 Å². The van der Waals surface area contributed by atoms with Gasteiger partial charge in [0.2, 0.25) is 0 Å². The smallest absolute Gasteiger partial charge is 0.410 e. The fraction of sp³-hybridized carbons (Fsp3) is 0.500. The van der Waals surface area contributed by atoms with Crippen molar-refractivity contribution in [2.45, 2.75) is 59.3 Å². The molecule has 0 saturated carbocycles. The van der Waals surface area contributed by atoms with Gasteiger partial charge in [-0.3, -0.25) is 4.90 Å². The number of carbonyl (C=O) groups is 2. The van der Waals surface area contributed by atoms with Crippen LogP contribution in [0.25, 0.3) is 0 Å². The van der Waals surface area contributed by atoms with Crippen molar-refractivity contribution in [1.29, 1.82) is 0 Å². The van der Waals surface area contributed by atoms with Gasteiger partial charge in [-0.15, -0.1) is 0 Å². The zero-order chi connectivity index (χ0) is 27.5. The van der Waals surface area contributed by atoms with Gasteiger partial charge in [0.05, 0.1) is 16.2 Å². The summed E-state index contributed by atoms with van der Waals surface area (Å²) < 4.78 is 32.2. The number of piperazine rings is 1. The first kappa shape index (κ1) is 29.2. The third-order valence-electron chi connectivity index (χ3n) is 6.28. The molecular formula is C28H36FIN2O5. The van der Waals surface area contributed by atoms with E-state index in [1.165, 1.54) is 13.2 Å². The lowest BCUT2D eigenvalue weighted by Gasteiger charge is -2.41. The first-order valence-corrected chi connectivity index (χ1v) is 13.4. The Morgan fingerprint density at radius 3 is 2.43 bits per heavy atom. The van der Waals surface area contributed by atoms with E-state index in [1.54, 1.807) is 24.0 Å². The summed E-state index contributed by atoms with van der Waals surface area (Å²) in [5.74, 6) is -0.0886. The summed E-state index contributed by atoms with van der Waals surface area (Å²) in [6.07, 6.45) is -0.781. The van der Waals surface area contributed by atoms with E-state index in [4.69, 9.17) is 14.2 Å². The number of hydrogen-bond donors (Lipinski definition) is 0. The maximum atomic E-state index is 14.5. The minimum atomic E-state index is -0.554. The van der Waals surface area contributed by atoms with Gasteiger partial charge in [-0.2, -0.15) is 0 Å². The molecule has 3 rings (SSSR count). The standard InChI is InChI=1S/C28H36FIN2O5/c1-17-8-9-20(13-22(17)29)25(36-24-12-18(2)21(14-23(24)30)26(33)35-7)16-31-10-11-32(19(3)15-31)27(34)37-28(4,5)6/h8-9,12-14,19,25H,10-11,15-16H2,1-7H3/t19-,25-/m1/s1. The average molecular weight is 627 g/mol. The van der Waals surface area contributed by atoms with Gasteiger partial charge >= 0.3 is 12.1 Å². The molecule has 1 aliphatic heterocycles. The number of amides is 1. The minimum Gasteiger partial charge on any atom is -0.483 e. The van der Waals surface area contributed by atoms with Crippen LogP contribution in [0, 0.1) is 23.2 Å². The maximum Gasteiger partial charge on any atom is 0.410 e. The van der Waals surface area contributed by atoms with Crippen molar-refractivity contribution in [3.8, 4) is 5.75 Å². The molecule has 2 aromatic rings. The molecule has 1 heterocycles. The Morgan fingerprint density at radius 2 is 1.84 bits per heavy atom. The normalized spacial score (nSPS) is 17.3. The molecule has 1 aliphatic rings. The molecule has 1 fully saturated rings. The number of nitrogens with zero attached hydrogens (tertiary/aromatic N) is 2. The average Bonchev–Trinajstić information content (AvgIpc) is 2.80. The van der Waals surface area contributed by atoms with Crippen LogP contribution in [0.1, 0.15) is 60.8 Å². The van der Waals surface area contributed by atoms with Crippen LogP contribution in [0.15, 0.2) is 30.3 Å². The van der Waals surface area contributed by atoms with E-state index >= 15 is 0 Å². The van der Waals surface area contributed by atoms with E-state index in [1.807, 2.05) is 46.8 Å². The van der Waals surface area contributed by atoms with Crippen molar-refractivity contribution in [1.82, 2.24) is 9.80 Å². The van der Waals surface area contributed by atoms with Crippen LogP contribution < -0.4 is 4.74 Å². The van der Waals surface area contributed by atoms with Crippen molar-refractivity contribution in [3.05, 3.63) is 62.0 Å².